The van der Waals surface area contributed by atoms with Gasteiger partial charge in [0.1, 0.15) is 6.54 Å². The predicted octanol–water partition coefficient (Wildman–Crippen LogP) is 1.95. The van der Waals surface area contributed by atoms with Crippen LogP contribution in [0.25, 0.3) is 11.4 Å². The highest BCUT2D eigenvalue weighted by molar-refractivity contribution is 9.11. The fourth-order valence-corrected chi connectivity index (χ4v) is 2.62. The summed E-state index contributed by atoms with van der Waals surface area (Å²) in [6, 6.07) is 5.50. The van der Waals surface area contributed by atoms with Crippen LogP contribution in [0.5, 0.6) is 0 Å². The molecule has 1 aromatic heterocycles. The van der Waals surface area contributed by atoms with Crippen LogP contribution in [0.4, 0.5) is 0 Å². The van der Waals surface area contributed by atoms with Crippen LogP contribution in [-0.4, -0.2) is 31.3 Å². The van der Waals surface area contributed by atoms with Crippen LogP contribution >= 0.6 is 31.9 Å². The lowest BCUT2D eigenvalue weighted by Crippen LogP contribution is -2.11. The molecule has 88 valence electrons. The summed E-state index contributed by atoms with van der Waals surface area (Å²) >= 11 is 6.70. The van der Waals surface area contributed by atoms with Crippen molar-refractivity contribution in [1.82, 2.24) is 20.2 Å². The van der Waals surface area contributed by atoms with Gasteiger partial charge in [-0.2, -0.15) is 0 Å². The lowest BCUT2D eigenvalue weighted by atomic mass is 10.2. The molecule has 8 heteroatoms. The molecule has 0 fully saturated rings. The number of carboxylic acid groups (broad SMARTS) is 1. The first-order chi connectivity index (χ1) is 8.06. The molecule has 0 saturated heterocycles. The third-order valence-electron chi connectivity index (χ3n) is 1.94. The number of carbonyl (C=O) groups is 1. The van der Waals surface area contributed by atoms with Crippen molar-refractivity contribution in [3.05, 3.63) is 27.1 Å². The summed E-state index contributed by atoms with van der Waals surface area (Å²) in [6.07, 6.45) is 0. The molecular weight excluding hydrogens is 356 g/mol. The third-order valence-corrected chi connectivity index (χ3v) is 2.85. The minimum atomic E-state index is -0.993. The van der Waals surface area contributed by atoms with Crippen molar-refractivity contribution in [2.75, 3.05) is 0 Å². The fourth-order valence-electron chi connectivity index (χ4n) is 1.33. The van der Waals surface area contributed by atoms with Gasteiger partial charge >= 0.3 is 5.97 Å². The van der Waals surface area contributed by atoms with Gasteiger partial charge in [-0.25, -0.2) is 4.68 Å². The van der Waals surface area contributed by atoms with Crippen LogP contribution in [0, 0.1) is 0 Å². The first-order valence-electron chi connectivity index (χ1n) is 4.50. The molecule has 0 spiro atoms. The Morgan fingerprint density at radius 1 is 1.29 bits per heavy atom. The standard InChI is InChI=1S/C9H6Br2N4O2/c10-6-1-5(2-7(11)3-6)9-12-13-14-15(9)4-8(16)17/h1-3H,4H2,(H,16,17). The largest absolute Gasteiger partial charge is 0.480 e. The minimum Gasteiger partial charge on any atom is -0.480 e. The van der Waals surface area contributed by atoms with E-state index in [-0.39, 0.29) is 6.54 Å². The third kappa shape index (κ3) is 2.89. The molecule has 0 bridgehead atoms. The van der Waals surface area contributed by atoms with Gasteiger partial charge in [-0.15, -0.1) is 5.10 Å². The van der Waals surface area contributed by atoms with Crippen LogP contribution in [0.2, 0.25) is 0 Å². The molecular formula is C9H6Br2N4O2. The van der Waals surface area contributed by atoms with E-state index < -0.39 is 5.97 Å². The van der Waals surface area contributed by atoms with Gasteiger partial charge in [0.15, 0.2) is 5.82 Å². The maximum atomic E-state index is 10.6. The van der Waals surface area contributed by atoms with Gasteiger partial charge in [0, 0.05) is 14.5 Å². The van der Waals surface area contributed by atoms with Crippen molar-refractivity contribution in [2.24, 2.45) is 0 Å². The Labute approximate surface area is 113 Å². The van der Waals surface area contributed by atoms with E-state index in [1.165, 1.54) is 4.68 Å². The molecule has 1 heterocycles. The number of halogens is 2. The van der Waals surface area contributed by atoms with E-state index in [1.54, 1.807) is 0 Å². The molecule has 0 unspecified atom stereocenters. The molecule has 2 aromatic rings. The SMILES string of the molecule is O=C(O)Cn1nnnc1-c1cc(Br)cc(Br)c1. The quantitative estimate of drug-likeness (QED) is 0.903. The summed E-state index contributed by atoms with van der Waals surface area (Å²) in [5, 5.41) is 19.7. The summed E-state index contributed by atoms with van der Waals surface area (Å²) < 4.78 is 2.94. The molecule has 6 nitrogen and oxygen atoms in total. The zero-order valence-electron chi connectivity index (χ0n) is 8.34. The number of aromatic nitrogens is 4. The van der Waals surface area contributed by atoms with E-state index in [4.69, 9.17) is 5.11 Å². The highest BCUT2D eigenvalue weighted by atomic mass is 79.9. The second kappa shape index (κ2) is 4.92. The Balaban J connectivity index is 2.45. The molecule has 0 radical (unpaired) electrons. The van der Waals surface area contributed by atoms with Crippen molar-refractivity contribution in [1.29, 1.82) is 0 Å². The monoisotopic (exact) mass is 360 g/mol. The second-order valence-corrected chi connectivity index (χ2v) is 5.04. The number of carboxylic acids is 1. The summed E-state index contributed by atoms with van der Waals surface area (Å²) in [6.45, 7) is -0.271. The number of benzene rings is 1. The number of rotatable bonds is 3. The zero-order chi connectivity index (χ0) is 12.4. The van der Waals surface area contributed by atoms with Gasteiger partial charge in [-0.3, -0.25) is 4.79 Å². The molecule has 0 aliphatic heterocycles. The predicted molar refractivity (Wildman–Crippen MR) is 66.3 cm³/mol. The van der Waals surface area contributed by atoms with E-state index >= 15 is 0 Å². The van der Waals surface area contributed by atoms with E-state index in [2.05, 4.69) is 47.4 Å². The average Bonchev–Trinajstić information content (AvgIpc) is 2.63. The number of tetrazole rings is 1. The van der Waals surface area contributed by atoms with Gasteiger partial charge in [0.05, 0.1) is 0 Å². The molecule has 0 atom stereocenters. The summed E-state index contributed by atoms with van der Waals surface area (Å²) in [4.78, 5) is 10.6. The van der Waals surface area contributed by atoms with Crippen molar-refractivity contribution < 1.29 is 9.90 Å². The van der Waals surface area contributed by atoms with Gasteiger partial charge in [0.2, 0.25) is 0 Å². The van der Waals surface area contributed by atoms with E-state index in [9.17, 15) is 4.79 Å². The Bertz CT molecular complexity index is 550. The zero-order valence-corrected chi connectivity index (χ0v) is 11.5. The van der Waals surface area contributed by atoms with Gasteiger partial charge < -0.3 is 5.11 Å². The summed E-state index contributed by atoms with van der Waals surface area (Å²) in [7, 11) is 0. The molecule has 0 aliphatic carbocycles. The molecule has 1 N–H and O–H groups in total. The van der Waals surface area contributed by atoms with Crippen LogP contribution < -0.4 is 0 Å². The van der Waals surface area contributed by atoms with E-state index in [0.29, 0.717) is 5.82 Å². The lowest BCUT2D eigenvalue weighted by molar-refractivity contribution is -0.137. The van der Waals surface area contributed by atoms with Crippen molar-refractivity contribution in [3.8, 4) is 11.4 Å². The van der Waals surface area contributed by atoms with Crippen molar-refractivity contribution in [3.63, 3.8) is 0 Å². The fraction of sp³-hybridized carbons (Fsp3) is 0.111. The second-order valence-electron chi connectivity index (χ2n) is 3.21. The highest BCUT2D eigenvalue weighted by Gasteiger charge is 2.12. The molecule has 2 rings (SSSR count). The number of hydrogen-bond donors (Lipinski definition) is 1. The molecule has 1 aromatic carbocycles. The number of nitrogens with zero attached hydrogens (tertiary/aromatic N) is 4. The molecule has 0 saturated carbocycles. The summed E-state index contributed by atoms with van der Waals surface area (Å²) in [5.41, 5.74) is 0.734. The van der Waals surface area contributed by atoms with Gasteiger partial charge in [-0.1, -0.05) is 31.9 Å². The molecule has 0 aliphatic rings. The van der Waals surface area contributed by atoms with Crippen LogP contribution in [0.3, 0.4) is 0 Å². The topological polar surface area (TPSA) is 80.9 Å². The maximum absolute atomic E-state index is 10.6. The van der Waals surface area contributed by atoms with Gasteiger partial charge in [-0.05, 0) is 28.6 Å². The smallest absolute Gasteiger partial charge is 0.325 e. The van der Waals surface area contributed by atoms with Crippen LogP contribution in [0.15, 0.2) is 27.1 Å². The normalized spacial score (nSPS) is 10.5. The lowest BCUT2D eigenvalue weighted by Gasteiger charge is -2.03. The van der Waals surface area contributed by atoms with E-state index in [1.807, 2.05) is 18.2 Å². The first-order valence-corrected chi connectivity index (χ1v) is 6.09. The molecule has 17 heavy (non-hydrogen) atoms. The summed E-state index contributed by atoms with van der Waals surface area (Å²) in [5.74, 6) is -0.581. The first kappa shape index (κ1) is 12.2. The maximum Gasteiger partial charge on any atom is 0.325 e. The van der Waals surface area contributed by atoms with Crippen LogP contribution in [0.1, 0.15) is 0 Å². The Morgan fingerprint density at radius 3 is 2.53 bits per heavy atom. The Hall–Kier alpha value is -1.28. The van der Waals surface area contributed by atoms with E-state index in [0.717, 1.165) is 14.5 Å². The van der Waals surface area contributed by atoms with Crippen molar-refractivity contribution >= 4 is 37.8 Å². The average molecular weight is 362 g/mol. The minimum absolute atomic E-state index is 0.271. The number of aliphatic carboxylic acids is 1. The van der Waals surface area contributed by atoms with Gasteiger partial charge in [0.25, 0.3) is 0 Å². The molecule has 0 amide bonds. The number of hydrogen-bond acceptors (Lipinski definition) is 4. The van der Waals surface area contributed by atoms with Crippen molar-refractivity contribution in [2.45, 2.75) is 6.54 Å². The Kier molecular flexibility index (Phi) is 3.53. The Morgan fingerprint density at radius 2 is 1.94 bits per heavy atom. The highest BCUT2D eigenvalue weighted by Crippen LogP contribution is 2.25. The van der Waals surface area contributed by atoms with Crippen LogP contribution in [-0.2, 0) is 11.3 Å².